The third-order valence-corrected chi connectivity index (χ3v) is 6.09. The molecule has 1 aliphatic heterocycles. The molecule has 164 valence electrons. The second-order valence-corrected chi connectivity index (χ2v) is 8.85. The molecule has 1 aromatic carbocycles. The van der Waals surface area contributed by atoms with E-state index in [-0.39, 0.29) is 30.4 Å². The number of nitrogens with one attached hydrogen (secondary N) is 2. The van der Waals surface area contributed by atoms with Crippen LogP contribution in [0.2, 0.25) is 0 Å². The molecule has 0 bridgehead atoms. The van der Waals surface area contributed by atoms with E-state index in [2.05, 4.69) is 15.3 Å². The Labute approximate surface area is 181 Å². The van der Waals surface area contributed by atoms with E-state index in [0.717, 1.165) is 40.3 Å². The highest BCUT2D eigenvalue weighted by Crippen LogP contribution is 2.27. The molecule has 0 spiro atoms. The van der Waals surface area contributed by atoms with Gasteiger partial charge in [0.2, 0.25) is 5.91 Å². The molecule has 7 heteroatoms. The molecule has 2 amide bonds. The molecule has 3 aromatic rings. The Morgan fingerprint density at radius 3 is 2.81 bits per heavy atom. The molecular weight excluding hydrogens is 392 g/mol. The lowest BCUT2D eigenvalue weighted by Gasteiger charge is -2.29. The van der Waals surface area contributed by atoms with Crippen molar-refractivity contribution >= 4 is 33.6 Å². The summed E-state index contributed by atoms with van der Waals surface area (Å²) < 4.78 is 0. The fourth-order valence-electron chi connectivity index (χ4n) is 4.56. The van der Waals surface area contributed by atoms with Crippen LogP contribution in [0.4, 0.5) is 0 Å². The lowest BCUT2D eigenvalue weighted by atomic mass is 10.0. The van der Waals surface area contributed by atoms with Gasteiger partial charge >= 0.3 is 0 Å². The smallest absolute Gasteiger partial charge is 0.270 e. The van der Waals surface area contributed by atoms with Crippen LogP contribution in [0.25, 0.3) is 21.8 Å². The molecule has 31 heavy (non-hydrogen) atoms. The zero-order valence-electron chi connectivity index (χ0n) is 18.3. The summed E-state index contributed by atoms with van der Waals surface area (Å²) in [5, 5.41) is 14.5. The molecule has 1 aliphatic rings. The van der Waals surface area contributed by atoms with Gasteiger partial charge in [0.25, 0.3) is 5.91 Å². The predicted molar refractivity (Wildman–Crippen MR) is 121 cm³/mol. The van der Waals surface area contributed by atoms with Crippen molar-refractivity contribution in [2.75, 3.05) is 13.2 Å². The lowest BCUT2D eigenvalue weighted by molar-refractivity contribution is -0.135. The standard InChI is InChI=1S/C24H30N4O3/c1-14(2)11-21(24(31)28-10-6-7-16(28)13-29)27-23(30)20-12-18-17-8-4-5-9-19(17)26-22(18)15(3)25-20/h4-5,8-9,12,14,16,21,26,29H,6-7,10-11,13H2,1-3H3,(H,27,30). The minimum absolute atomic E-state index is 0.0495. The average Bonchev–Trinajstić information content (AvgIpc) is 3.37. The van der Waals surface area contributed by atoms with Crippen LogP contribution >= 0.6 is 0 Å². The number of fused-ring (bicyclic) bond motifs is 3. The van der Waals surface area contributed by atoms with Crippen LogP contribution in [-0.4, -0.2) is 57.0 Å². The molecule has 0 radical (unpaired) electrons. The maximum Gasteiger partial charge on any atom is 0.270 e. The second-order valence-electron chi connectivity index (χ2n) is 8.85. The summed E-state index contributed by atoms with van der Waals surface area (Å²) in [6.45, 7) is 6.50. The zero-order chi connectivity index (χ0) is 22.1. The van der Waals surface area contributed by atoms with Crippen LogP contribution in [0.5, 0.6) is 0 Å². The van der Waals surface area contributed by atoms with Gasteiger partial charge in [0.1, 0.15) is 11.7 Å². The summed E-state index contributed by atoms with van der Waals surface area (Å²) in [6, 6.07) is 8.94. The highest BCUT2D eigenvalue weighted by Gasteiger charge is 2.34. The minimum atomic E-state index is -0.638. The molecule has 1 saturated heterocycles. The number of aliphatic hydroxyl groups excluding tert-OH is 1. The Bertz CT molecular complexity index is 1120. The maximum absolute atomic E-state index is 13.2. The number of amides is 2. The Hall–Kier alpha value is -2.93. The largest absolute Gasteiger partial charge is 0.394 e. The number of para-hydroxylation sites is 1. The molecule has 3 N–H and O–H groups in total. The summed E-state index contributed by atoms with van der Waals surface area (Å²) in [7, 11) is 0. The number of rotatable bonds is 6. The lowest BCUT2D eigenvalue weighted by Crippen LogP contribution is -2.51. The van der Waals surface area contributed by atoms with Crippen LogP contribution in [0, 0.1) is 12.8 Å². The maximum atomic E-state index is 13.2. The number of aliphatic hydroxyl groups is 1. The quantitative estimate of drug-likeness (QED) is 0.568. The van der Waals surface area contributed by atoms with E-state index in [9.17, 15) is 14.7 Å². The molecule has 2 unspecified atom stereocenters. The number of hydrogen-bond acceptors (Lipinski definition) is 4. The monoisotopic (exact) mass is 422 g/mol. The van der Waals surface area contributed by atoms with E-state index >= 15 is 0 Å². The van der Waals surface area contributed by atoms with Gasteiger partial charge in [-0.1, -0.05) is 32.0 Å². The van der Waals surface area contributed by atoms with Crippen LogP contribution in [0.3, 0.4) is 0 Å². The summed E-state index contributed by atoms with van der Waals surface area (Å²) in [6.07, 6.45) is 2.20. The third-order valence-electron chi connectivity index (χ3n) is 6.09. The summed E-state index contributed by atoms with van der Waals surface area (Å²) in [4.78, 5) is 36.0. The SMILES string of the molecule is Cc1nc(C(=O)NC(CC(C)C)C(=O)N2CCCC2CO)cc2c1[nH]c1ccccc12. The van der Waals surface area contributed by atoms with Gasteiger partial charge in [-0.15, -0.1) is 0 Å². The average molecular weight is 423 g/mol. The number of hydrogen-bond donors (Lipinski definition) is 3. The van der Waals surface area contributed by atoms with E-state index in [1.165, 1.54) is 0 Å². The van der Waals surface area contributed by atoms with Gasteiger partial charge in [-0.2, -0.15) is 0 Å². The van der Waals surface area contributed by atoms with Crippen LogP contribution in [0.1, 0.15) is 49.3 Å². The van der Waals surface area contributed by atoms with Crippen molar-refractivity contribution < 1.29 is 14.7 Å². The Balaban J connectivity index is 1.63. The number of carbonyl (C=O) groups is 2. The van der Waals surface area contributed by atoms with Gasteiger partial charge in [0.05, 0.1) is 23.9 Å². The number of pyridine rings is 1. The molecule has 3 heterocycles. The normalized spacial score (nSPS) is 17.6. The van der Waals surface area contributed by atoms with E-state index in [1.807, 2.05) is 45.0 Å². The first-order valence-electron chi connectivity index (χ1n) is 11.0. The first-order chi connectivity index (χ1) is 14.9. The Morgan fingerprint density at radius 2 is 2.06 bits per heavy atom. The fourth-order valence-corrected chi connectivity index (χ4v) is 4.56. The second kappa shape index (κ2) is 8.67. The molecule has 1 fully saturated rings. The summed E-state index contributed by atoms with van der Waals surface area (Å²) >= 11 is 0. The highest BCUT2D eigenvalue weighted by molar-refractivity contribution is 6.10. The van der Waals surface area contributed by atoms with Crippen molar-refractivity contribution in [1.82, 2.24) is 20.2 Å². The van der Waals surface area contributed by atoms with Gasteiger partial charge in [0, 0.05) is 22.8 Å². The van der Waals surface area contributed by atoms with E-state index in [1.54, 1.807) is 11.0 Å². The van der Waals surface area contributed by atoms with Gasteiger partial charge in [0.15, 0.2) is 0 Å². The minimum Gasteiger partial charge on any atom is -0.394 e. The molecule has 2 atom stereocenters. The van der Waals surface area contributed by atoms with Gasteiger partial charge in [-0.25, -0.2) is 4.98 Å². The number of aryl methyl sites for hydroxylation is 1. The van der Waals surface area contributed by atoms with E-state index in [4.69, 9.17) is 0 Å². The highest BCUT2D eigenvalue weighted by atomic mass is 16.3. The first kappa shape index (κ1) is 21.3. The van der Waals surface area contributed by atoms with Crippen molar-refractivity contribution in [2.24, 2.45) is 5.92 Å². The van der Waals surface area contributed by atoms with Crippen LogP contribution < -0.4 is 5.32 Å². The molecule has 0 aliphatic carbocycles. The zero-order valence-corrected chi connectivity index (χ0v) is 18.3. The number of H-pyrrole nitrogens is 1. The van der Waals surface area contributed by atoms with Crippen molar-refractivity contribution in [3.63, 3.8) is 0 Å². The third kappa shape index (κ3) is 4.14. The molecule has 4 rings (SSSR count). The van der Waals surface area contributed by atoms with Crippen LogP contribution in [-0.2, 0) is 4.79 Å². The molecule has 7 nitrogen and oxygen atoms in total. The number of benzene rings is 1. The van der Waals surface area contributed by atoms with Crippen LogP contribution in [0.15, 0.2) is 30.3 Å². The first-order valence-corrected chi connectivity index (χ1v) is 11.0. The number of likely N-dealkylation sites (tertiary alicyclic amines) is 1. The summed E-state index contributed by atoms with van der Waals surface area (Å²) in [5.41, 5.74) is 2.95. The van der Waals surface area contributed by atoms with E-state index < -0.39 is 6.04 Å². The predicted octanol–water partition coefficient (Wildman–Crippen LogP) is 3.15. The van der Waals surface area contributed by atoms with Crippen molar-refractivity contribution in [3.8, 4) is 0 Å². The summed E-state index contributed by atoms with van der Waals surface area (Å²) in [5.74, 6) is -0.243. The van der Waals surface area contributed by atoms with Crippen molar-refractivity contribution in [3.05, 3.63) is 41.7 Å². The number of aromatic amines is 1. The number of aromatic nitrogens is 2. The molecular formula is C24H30N4O3. The fraction of sp³-hybridized carbons (Fsp3) is 0.458. The number of nitrogens with zero attached hydrogens (tertiary/aromatic N) is 2. The van der Waals surface area contributed by atoms with Gasteiger partial charge in [-0.3, -0.25) is 9.59 Å². The Morgan fingerprint density at radius 1 is 1.29 bits per heavy atom. The number of carbonyl (C=O) groups excluding carboxylic acids is 2. The Kier molecular flexibility index (Phi) is 5.96. The van der Waals surface area contributed by atoms with Crippen molar-refractivity contribution in [2.45, 2.75) is 52.1 Å². The molecule has 2 aromatic heterocycles. The topological polar surface area (TPSA) is 98.3 Å². The van der Waals surface area contributed by atoms with Gasteiger partial charge in [-0.05, 0) is 44.2 Å². The molecule has 0 saturated carbocycles. The van der Waals surface area contributed by atoms with Gasteiger partial charge < -0.3 is 20.3 Å². The van der Waals surface area contributed by atoms with Crippen molar-refractivity contribution in [1.29, 1.82) is 0 Å². The van der Waals surface area contributed by atoms with E-state index in [0.29, 0.717) is 18.7 Å².